The molecule has 0 bridgehead atoms. The number of aromatic nitrogens is 2. The minimum atomic E-state index is 0.315. The van der Waals surface area contributed by atoms with Gasteiger partial charge in [0, 0.05) is 38.5 Å². The monoisotopic (exact) mass is 342 g/mol. The number of hydrogen-bond donors (Lipinski definition) is 0. The minimum Gasteiger partial charge on any atom is -0.345 e. The maximum absolute atomic E-state index is 12.2. The first-order valence-electron chi connectivity index (χ1n) is 8.69. The molecule has 2 fully saturated rings. The van der Waals surface area contributed by atoms with Crippen LogP contribution in [0.3, 0.4) is 0 Å². The molecule has 2 heterocycles. The van der Waals surface area contributed by atoms with E-state index in [1.165, 1.54) is 5.56 Å². The number of carbonyl (C=O) groups is 1. The summed E-state index contributed by atoms with van der Waals surface area (Å²) in [5.41, 5.74) is 1.26. The molecule has 1 aliphatic carbocycles. The van der Waals surface area contributed by atoms with Crippen molar-refractivity contribution in [2.45, 2.75) is 25.7 Å². The van der Waals surface area contributed by atoms with Crippen molar-refractivity contribution in [2.24, 2.45) is 5.92 Å². The van der Waals surface area contributed by atoms with Crippen LogP contribution in [0.2, 0.25) is 0 Å². The number of rotatable bonds is 4. The second-order valence-electron chi connectivity index (χ2n) is 6.58. The third kappa shape index (κ3) is 3.59. The molecular formula is C18H22N4OS. The lowest BCUT2D eigenvalue weighted by molar-refractivity contribution is -0.132. The molecule has 126 valence electrons. The molecule has 0 unspecified atom stereocenters. The molecule has 1 aliphatic heterocycles. The standard InChI is InChI=1S/C18H22N4OS/c23-17(15-7-8-15)21-9-4-10-22(12-11-21)18-20-19-16(24-18)13-14-5-2-1-3-6-14/h1-3,5-6,15H,4,7-13H2. The summed E-state index contributed by atoms with van der Waals surface area (Å²) >= 11 is 1.67. The van der Waals surface area contributed by atoms with E-state index in [1.54, 1.807) is 11.3 Å². The fourth-order valence-corrected chi connectivity index (χ4v) is 4.06. The Balaban J connectivity index is 1.38. The smallest absolute Gasteiger partial charge is 0.225 e. The van der Waals surface area contributed by atoms with E-state index in [1.807, 2.05) is 11.0 Å². The van der Waals surface area contributed by atoms with Gasteiger partial charge in [-0.15, -0.1) is 10.2 Å². The van der Waals surface area contributed by atoms with Gasteiger partial charge in [0.05, 0.1) is 0 Å². The Morgan fingerprint density at radius 2 is 1.92 bits per heavy atom. The summed E-state index contributed by atoms with van der Waals surface area (Å²) in [5.74, 6) is 0.675. The van der Waals surface area contributed by atoms with Gasteiger partial charge in [0.2, 0.25) is 11.0 Å². The second kappa shape index (κ2) is 6.89. The van der Waals surface area contributed by atoms with Crippen molar-refractivity contribution in [3.05, 3.63) is 40.9 Å². The Labute approximate surface area is 146 Å². The quantitative estimate of drug-likeness (QED) is 0.857. The SMILES string of the molecule is O=C(C1CC1)N1CCCN(c2nnc(Cc3ccccc3)s2)CC1. The van der Waals surface area contributed by atoms with Crippen molar-refractivity contribution < 1.29 is 4.79 Å². The van der Waals surface area contributed by atoms with E-state index in [0.717, 1.165) is 62.0 Å². The number of benzene rings is 1. The number of hydrogen-bond acceptors (Lipinski definition) is 5. The van der Waals surface area contributed by atoms with Crippen LogP contribution in [0.25, 0.3) is 0 Å². The lowest BCUT2D eigenvalue weighted by Gasteiger charge is -2.21. The van der Waals surface area contributed by atoms with Gasteiger partial charge < -0.3 is 9.80 Å². The van der Waals surface area contributed by atoms with Gasteiger partial charge in [0.15, 0.2) is 0 Å². The van der Waals surface area contributed by atoms with Gasteiger partial charge in [-0.1, -0.05) is 41.7 Å². The van der Waals surface area contributed by atoms with Gasteiger partial charge in [-0.2, -0.15) is 0 Å². The zero-order valence-electron chi connectivity index (χ0n) is 13.7. The molecule has 0 radical (unpaired) electrons. The maximum Gasteiger partial charge on any atom is 0.225 e. The van der Waals surface area contributed by atoms with E-state index >= 15 is 0 Å². The van der Waals surface area contributed by atoms with Crippen LogP contribution in [0, 0.1) is 5.92 Å². The molecule has 2 aliphatic rings. The summed E-state index contributed by atoms with van der Waals surface area (Å²) < 4.78 is 0. The van der Waals surface area contributed by atoms with Crippen LogP contribution in [0.15, 0.2) is 30.3 Å². The van der Waals surface area contributed by atoms with Crippen LogP contribution in [0.5, 0.6) is 0 Å². The number of carbonyl (C=O) groups excluding carboxylic acids is 1. The third-order valence-corrected chi connectivity index (χ3v) is 5.64. The Kier molecular flexibility index (Phi) is 4.47. The van der Waals surface area contributed by atoms with Crippen LogP contribution in [-0.4, -0.2) is 47.2 Å². The summed E-state index contributed by atoms with van der Waals surface area (Å²) in [6.07, 6.45) is 4.00. The Hall–Kier alpha value is -1.95. The van der Waals surface area contributed by atoms with Gasteiger partial charge in [0.25, 0.3) is 0 Å². The minimum absolute atomic E-state index is 0.315. The molecule has 1 amide bonds. The summed E-state index contributed by atoms with van der Waals surface area (Å²) in [4.78, 5) is 16.6. The molecule has 24 heavy (non-hydrogen) atoms. The number of anilines is 1. The summed E-state index contributed by atoms with van der Waals surface area (Å²) in [6.45, 7) is 3.50. The Morgan fingerprint density at radius 3 is 2.71 bits per heavy atom. The molecule has 1 saturated carbocycles. The van der Waals surface area contributed by atoms with Gasteiger partial charge in [-0.05, 0) is 24.8 Å². The molecule has 5 nitrogen and oxygen atoms in total. The van der Waals surface area contributed by atoms with Crippen LogP contribution >= 0.6 is 11.3 Å². The molecule has 1 saturated heterocycles. The van der Waals surface area contributed by atoms with Crippen LogP contribution in [0.1, 0.15) is 29.8 Å². The van der Waals surface area contributed by atoms with Gasteiger partial charge in [-0.3, -0.25) is 4.79 Å². The van der Waals surface area contributed by atoms with E-state index < -0.39 is 0 Å². The van der Waals surface area contributed by atoms with Gasteiger partial charge >= 0.3 is 0 Å². The molecule has 6 heteroatoms. The average molecular weight is 342 g/mol. The van der Waals surface area contributed by atoms with Crippen LogP contribution in [0.4, 0.5) is 5.13 Å². The van der Waals surface area contributed by atoms with E-state index in [9.17, 15) is 4.79 Å². The Bertz CT molecular complexity index is 698. The highest BCUT2D eigenvalue weighted by Crippen LogP contribution is 2.31. The molecular weight excluding hydrogens is 320 g/mol. The zero-order chi connectivity index (χ0) is 16.4. The summed E-state index contributed by atoms with van der Waals surface area (Å²) in [7, 11) is 0. The predicted molar refractivity (Wildman–Crippen MR) is 95.3 cm³/mol. The van der Waals surface area contributed by atoms with Crippen molar-refractivity contribution in [2.75, 3.05) is 31.1 Å². The first-order chi connectivity index (χ1) is 11.8. The third-order valence-electron chi connectivity index (χ3n) is 4.66. The van der Waals surface area contributed by atoms with Crippen LogP contribution < -0.4 is 4.90 Å². The predicted octanol–water partition coefficient (Wildman–Crippen LogP) is 2.58. The second-order valence-corrected chi connectivity index (χ2v) is 7.62. The van der Waals surface area contributed by atoms with Crippen LogP contribution in [-0.2, 0) is 11.2 Å². The molecule has 2 aromatic rings. The lowest BCUT2D eigenvalue weighted by Crippen LogP contribution is -2.36. The zero-order valence-corrected chi connectivity index (χ0v) is 14.5. The Morgan fingerprint density at radius 1 is 1.08 bits per heavy atom. The topological polar surface area (TPSA) is 49.3 Å². The van der Waals surface area contributed by atoms with Crippen molar-refractivity contribution in [3.8, 4) is 0 Å². The maximum atomic E-state index is 12.2. The fraction of sp³-hybridized carbons (Fsp3) is 0.500. The van der Waals surface area contributed by atoms with Crippen molar-refractivity contribution >= 4 is 22.4 Å². The molecule has 1 aromatic heterocycles. The van der Waals surface area contributed by atoms with E-state index in [4.69, 9.17) is 0 Å². The van der Waals surface area contributed by atoms with Crippen molar-refractivity contribution in [1.82, 2.24) is 15.1 Å². The molecule has 1 aromatic carbocycles. The highest BCUT2D eigenvalue weighted by atomic mass is 32.1. The van der Waals surface area contributed by atoms with E-state index in [2.05, 4.69) is 39.4 Å². The summed E-state index contributed by atoms with van der Waals surface area (Å²) in [5, 5.41) is 10.8. The molecule has 4 rings (SSSR count). The molecule has 0 spiro atoms. The largest absolute Gasteiger partial charge is 0.345 e. The van der Waals surface area contributed by atoms with E-state index in [0.29, 0.717) is 11.8 Å². The number of nitrogens with zero attached hydrogens (tertiary/aromatic N) is 4. The highest BCUT2D eigenvalue weighted by molar-refractivity contribution is 7.15. The normalized spacial score (nSPS) is 18.5. The fourth-order valence-electron chi connectivity index (χ4n) is 3.13. The average Bonchev–Trinajstić information content (AvgIpc) is 3.40. The molecule has 0 N–H and O–H groups in total. The summed E-state index contributed by atoms with van der Waals surface area (Å²) in [6, 6.07) is 10.4. The first-order valence-corrected chi connectivity index (χ1v) is 9.51. The van der Waals surface area contributed by atoms with Gasteiger partial charge in [0.1, 0.15) is 5.01 Å². The van der Waals surface area contributed by atoms with Crippen molar-refractivity contribution in [1.29, 1.82) is 0 Å². The van der Waals surface area contributed by atoms with Gasteiger partial charge in [-0.25, -0.2) is 0 Å². The number of amides is 1. The highest BCUT2D eigenvalue weighted by Gasteiger charge is 2.34. The lowest BCUT2D eigenvalue weighted by atomic mass is 10.2. The van der Waals surface area contributed by atoms with Crippen molar-refractivity contribution in [3.63, 3.8) is 0 Å². The van der Waals surface area contributed by atoms with E-state index in [-0.39, 0.29) is 0 Å². The first kappa shape index (κ1) is 15.6. The molecule has 0 atom stereocenters.